The van der Waals surface area contributed by atoms with Gasteiger partial charge in [-0.2, -0.15) is 18.4 Å². The van der Waals surface area contributed by atoms with Crippen molar-refractivity contribution in [2.45, 2.75) is 31.5 Å². The monoisotopic (exact) mass is 603 g/mol. The van der Waals surface area contributed by atoms with E-state index >= 15 is 0 Å². The molecule has 6 nitrogen and oxygen atoms in total. The molecule has 0 aliphatic carbocycles. The number of hydrogen-bond acceptors (Lipinski definition) is 5. The number of imidazole rings is 1. The minimum atomic E-state index is -4.92. The first kappa shape index (κ1) is 30.4. The minimum absolute atomic E-state index is 0.0761. The largest absolute Gasteiger partial charge is 0.573 e. The Bertz CT molecular complexity index is 1560. The van der Waals surface area contributed by atoms with Crippen LogP contribution in [0.2, 0.25) is 0 Å². The summed E-state index contributed by atoms with van der Waals surface area (Å²) in [5, 5.41) is 9.03. The molecule has 42 heavy (non-hydrogen) atoms. The first-order chi connectivity index (χ1) is 19.9. The number of aromatic nitrogens is 2. The highest BCUT2D eigenvalue weighted by Crippen LogP contribution is 2.38. The fourth-order valence-electron chi connectivity index (χ4n) is 4.53. The zero-order valence-electron chi connectivity index (χ0n) is 21.7. The smallest absolute Gasteiger partial charge is 0.406 e. The Morgan fingerprint density at radius 2 is 1.67 bits per heavy atom. The molecule has 1 aromatic heterocycles. The van der Waals surface area contributed by atoms with Crippen LogP contribution >= 0.6 is 12.2 Å². The van der Waals surface area contributed by atoms with Gasteiger partial charge in [0, 0.05) is 37.1 Å². The van der Waals surface area contributed by atoms with Crippen LogP contribution in [0.25, 0.3) is 0 Å². The molecular weight excluding hydrogens is 580 g/mol. The summed E-state index contributed by atoms with van der Waals surface area (Å²) in [5.74, 6) is -0.491. The summed E-state index contributed by atoms with van der Waals surface area (Å²) in [5.41, 5.74) is 7.32. The highest BCUT2D eigenvalue weighted by atomic mass is 32.1. The number of hydrogen-bond donors (Lipinski definition) is 1. The van der Waals surface area contributed by atoms with E-state index in [-0.39, 0.29) is 29.2 Å². The van der Waals surface area contributed by atoms with Gasteiger partial charge in [0.2, 0.25) is 0 Å². The summed E-state index contributed by atoms with van der Waals surface area (Å²) in [6.07, 6.45) is -6.14. The molecule has 0 aliphatic heterocycles. The van der Waals surface area contributed by atoms with Crippen molar-refractivity contribution < 1.29 is 31.1 Å². The van der Waals surface area contributed by atoms with Gasteiger partial charge in [-0.25, -0.2) is 4.98 Å². The van der Waals surface area contributed by atoms with E-state index < -0.39 is 29.9 Å². The molecule has 0 saturated heterocycles. The lowest BCUT2D eigenvalue weighted by Gasteiger charge is -2.35. The van der Waals surface area contributed by atoms with Crippen molar-refractivity contribution >= 4 is 22.9 Å². The molecule has 0 saturated carbocycles. The van der Waals surface area contributed by atoms with E-state index in [4.69, 9.17) is 23.2 Å². The highest BCUT2D eigenvalue weighted by Gasteiger charge is 2.37. The molecule has 0 spiro atoms. The lowest BCUT2D eigenvalue weighted by molar-refractivity contribution is -0.274. The second kappa shape index (κ2) is 12.5. The van der Waals surface area contributed by atoms with E-state index in [9.17, 15) is 26.3 Å². The minimum Gasteiger partial charge on any atom is -0.406 e. The molecule has 0 radical (unpaired) electrons. The second-order valence-corrected chi connectivity index (χ2v) is 9.67. The Kier molecular flexibility index (Phi) is 9.06. The van der Waals surface area contributed by atoms with Crippen LogP contribution in [-0.4, -0.2) is 27.4 Å². The number of benzene rings is 3. The van der Waals surface area contributed by atoms with Gasteiger partial charge < -0.3 is 19.9 Å². The molecule has 4 rings (SSSR count). The molecule has 1 heterocycles. The number of rotatable bonds is 10. The van der Waals surface area contributed by atoms with Gasteiger partial charge in [-0.1, -0.05) is 42.5 Å². The van der Waals surface area contributed by atoms with Gasteiger partial charge in [0.05, 0.1) is 23.5 Å². The van der Waals surface area contributed by atoms with Crippen LogP contribution in [0.15, 0.2) is 85.3 Å². The predicted octanol–water partition coefficient (Wildman–Crippen LogP) is 6.80. The van der Waals surface area contributed by atoms with Gasteiger partial charge in [-0.3, -0.25) is 0 Å². The lowest BCUT2D eigenvalue weighted by atomic mass is 9.97. The molecule has 0 amide bonds. The Morgan fingerprint density at radius 3 is 2.26 bits per heavy atom. The number of nitrogens with zero attached hydrogens (tertiary/aromatic N) is 4. The van der Waals surface area contributed by atoms with Crippen molar-refractivity contribution in [1.29, 1.82) is 5.26 Å². The number of ether oxygens (including phenoxy) is 1. The Balaban J connectivity index is 1.69. The summed E-state index contributed by atoms with van der Waals surface area (Å²) in [7, 11) is 0. The third-order valence-electron chi connectivity index (χ3n) is 6.39. The average molecular weight is 604 g/mol. The fraction of sp³-hybridized carbons (Fsp3) is 0.207. The zero-order valence-corrected chi connectivity index (χ0v) is 22.5. The van der Waals surface area contributed by atoms with Crippen molar-refractivity contribution in [2.24, 2.45) is 5.73 Å². The van der Waals surface area contributed by atoms with Crippen LogP contribution in [0.4, 0.5) is 32.0 Å². The fourth-order valence-corrected chi connectivity index (χ4v) is 4.78. The Morgan fingerprint density at radius 1 is 1.00 bits per heavy atom. The van der Waals surface area contributed by atoms with Crippen LogP contribution in [0.5, 0.6) is 5.75 Å². The quantitative estimate of drug-likeness (QED) is 0.159. The molecule has 13 heteroatoms. The number of anilines is 1. The highest BCUT2D eigenvalue weighted by molar-refractivity contribution is 7.80. The third-order valence-corrected chi connectivity index (χ3v) is 6.61. The SMILES string of the molecule is N#Cc1ccc(Cn2cncc2CCN(c2ccc(OC(F)(F)F)cc2)C(C(N)=S)c2ccccc2C(F)(F)F)cc1. The van der Waals surface area contributed by atoms with Crippen LogP contribution in [-0.2, 0) is 19.1 Å². The molecule has 218 valence electrons. The van der Waals surface area contributed by atoms with E-state index in [1.54, 1.807) is 36.8 Å². The standard InChI is InChI=1S/C29H23F6N5OS/c30-28(31,32)25-4-2-1-3-24(25)26(27(37)42)40(21-9-11-23(12-10-21)41-29(33,34)35)14-13-22-16-38-18-39(22)17-20-7-5-19(15-36)6-8-20/h1-12,16,18,26H,13-14,17H2,(H2,37,42). The molecule has 3 aromatic carbocycles. The molecule has 1 unspecified atom stereocenters. The zero-order chi connectivity index (χ0) is 30.5. The van der Waals surface area contributed by atoms with Gasteiger partial charge >= 0.3 is 12.5 Å². The first-order valence-corrected chi connectivity index (χ1v) is 12.8. The van der Waals surface area contributed by atoms with Crippen molar-refractivity contribution in [3.05, 3.63) is 113 Å². The molecule has 0 fully saturated rings. The molecule has 0 bridgehead atoms. The van der Waals surface area contributed by atoms with Crippen molar-refractivity contribution in [3.63, 3.8) is 0 Å². The maximum Gasteiger partial charge on any atom is 0.573 e. The van der Waals surface area contributed by atoms with Gasteiger partial charge in [-0.15, -0.1) is 13.2 Å². The van der Waals surface area contributed by atoms with Gasteiger partial charge in [0.25, 0.3) is 0 Å². The van der Waals surface area contributed by atoms with Crippen LogP contribution < -0.4 is 15.4 Å². The van der Waals surface area contributed by atoms with E-state index in [1.165, 1.54) is 35.2 Å². The molecule has 0 aliphatic rings. The van der Waals surface area contributed by atoms with Crippen LogP contribution in [0, 0.1) is 11.3 Å². The predicted molar refractivity (Wildman–Crippen MR) is 148 cm³/mol. The summed E-state index contributed by atoms with van der Waals surface area (Å²) in [4.78, 5) is 5.46. The maximum atomic E-state index is 14.0. The van der Waals surface area contributed by atoms with Gasteiger partial charge in [0.1, 0.15) is 16.8 Å². The Hall–Kier alpha value is -4.57. The molecular formula is C29H23F6N5OS. The van der Waals surface area contributed by atoms with Crippen LogP contribution in [0.1, 0.15) is 34.0 Å². The maximum absolute atomic E-state index is 14.0. The number of nitrogens with two attached hydrogens (primary N) is 1. The second-order valence-electron chi connectivity index (χ2n) is 9.20. The topological polar surface area (TPSA) is 80.1 Å². The summed E-state index contributed by atoms with van der Waals surface area (Å²) >= 11 is 5.26. The third kappa shape index (κ3) is 7.58. The van der Waals surface area contributed by atoms with E-state index in [2.05, 4.69) is 15.8 Å². The number of thiocarbonyl (C=S) groups is 1. The number of nitriles is 1. The average Bonchev–Trinajstić information content (AvgIpc) is 3.37. The van der Waals surface area contributed by atoms with E-state index in [1.807, 2.05) is 4.57 Å². The van der Waals surface area contributed by atoms with Crippen LogP contribution in [0.3, 0.4) is 0 Å². The first-order valence-electron chi connectivity index (χ1n) is 12.4. The van der Waals surface area contributed by atoms with Gasteiger partial charge in [-0.05, 0) is 53.6 Å². The van der Waals surface area contributed by atoms with E-state index in [0.717, 1.165) is 29.5 Å². The molecule has 4 aromatic rings. The summed E-state index contributed by atoms with van der Waals surface area (Å²) in [6.45, 7) is 0.493. The Labute approximate surface area is 242 Å². The van der Waals surface area contributed by atoms with E-state index in [0.29, 0.717) is 12.1 Å². The van der Waals surface area contributed by atoms with Crippen molar-refractivity contribution in [3.8, 4) is 11.8 Å². The van der Waals surface area contributed by atoms with Crippen molar-refractivity contribution in [1.82, 2.24) is 9.55 Å². The van der Waals surface area contributed by atoms with Gasteiger partial charge in [0.15, 0.2) is 0 Å². The lowest BCUT2D eigenvalue weighted by Crippen LogP contribution is -2.39. The van der Waals surface area contributed by atoms with Crippen molar-refractivity contribution in [2.75, 3.05) is 11.4 Å². The normalized spacial score (nSPS) is 12.4. The molecule has 1 atom stereocenters. The molecule has 2 N–H and O–H groups in total. The summed E-state index contributed by atoms with van der Waals surface area (Å²) in [6, 6.07) is 17.4. The number of halogens is 6. The number of alkyl halides is 6. The summed E-state index contributed by atoms with van der Waals surface area (Å²) < 4.78 is 86.0.